The molecule has 236 valence electrons. The number of carbonyl (C=O) groups is 2. The Hall–Kier alpha value is -4.05. The first-order valence-electron chi connectivity index (χ1n) is 13.9. The molecular formula is C28H25BrClF3N8O4. The number of anilines is 1. The highest BCUT2D eigenvalue weighted by molar-refractivity contribution is 9.10. The molecule has 0 bridgehead atoms. The summed E-state index contributed by atoms with van der Waals surface area (Å²) < 4.78 is 42.1. The van der Waals surface area contributed by atoms with E-state index in [9.17, 15) is 32.7 Å². The van der Waals surface area contributed by atoms with E-state index in [1.54, 1.807) is 16.4 Å². The van der Waals surface area contributed by atoms with Crippen molar-refractivity contribution in [2.75, 3.05) is 18.4 Å². The summed E-state index contributed by atoms with van der Waals surface area (Å²) in [5.74, 6) is -1.39. The molecule has 0 saturated carbocycles. The number of amides is 2. The molecule has 1 saturated heterocycles. The number of piperidine rings is 1. The van der Waals surface area contributed by atoms with E-state index in [0.29, 0.717) is 43.6 Å². The lowest BCUT2D eigenvalue weighted by molar-refractivity contribution is -0.137. The molecule has 2 aliphatic rings. The van der Waals surface area contributed by atoms with Gasteiger partial charge in [0.2, 0.25) is 16.4 Å². The number of carbonyl (C=O) groups excluding carboxylic acids is 2. The minimum atomic E-state index is -4.60. The molecule has 2 N–H and O–H groups in total. The van der Waals surface area contributed by atoms with Crippen molar-refractivity contribution in [3.05, 3.63) is 72.8 Å². The van der Waals surface area contributed by atoms with E-state index in [1.165, 1.54) is 6.33 Å². The number of fused-ring (bicyclic) bond motifs is 3. The Balaban J connectivity index is 1.32. The summed E-state index contributed by atoms with van der Waals surface area (Å²) in [7, 11) is 0. The molecule has 1 aliphatic carbocycles. The molecule has 6 rings (SSSR count). The second-order valence-electron chi connectivity index (χ2n) is 11.3. The van der Waals surface area contributed by atoms with Crippen LogP contribution < -0.4 is 10.9 Å². The number of aromatic hydroxyl groups is 1. The van der Waals surface area contributed by atoms with E-state index in [0.717, 1.165) is 22.7 Å². The minimum Gasteiger partial charge on any atom is -0.504 e. The zero-order chi connectivity index (χ0) is 32.4. The van der Waals surface area contributed by atoms with Crippen molar-refractivity contribution < 1.29 is 27.9 Å². The molecule has 2 amide bonds. The third-order valence-corrected chi connectivity index (χ3v) is 9.19. The van der Waals surface area contributed by atoms with Gasteiger partial charge in [-0.25, -0.2) is 9.97 Å². The quantitative estimate of drug-likeness (QED) is 0.316. The molecule has 12 nitrogen and oxygen atoms in total. The average Bonchev–Trinajstić information content (AvgIpc) is 3.50. The van der Waals surface area contributed by atoms with E-state index >= 15 is 0 Å². The first-order chi connectivity index (χ1) is 21.2. The second-order valence-corrected chi connectivity index (χ2v) is 12.4. The highest BCUT2D eigenvalue weighted by Crippen LogP contribution is 2.50. The van der Waals surface area contributed by atoms with Crippen LogP contribution in [-0.4, -0.2) is 64.0 Å². The number of alkyl halides is 3. The van der Waals surface area contributed by atoms with Gasteiger partial charge in [-0.3, -0.25) is 14.4 Å². The summed E-state index contributed by atoms with van der Waals surface area (Å²) in [4.78, 5) is 54.2. The molecule has 1 atom stereocenters. The molecule has 1 fully saturated rings. The molecule has 45 heavy (non-hydrogen) atoms. The van der Waals surface area contributed by atoms with E-state index in [1.807, 2.05) is 6.92 Å². The summed E-state index contributed by atoms with van der Waals surface area (Å²) in [5.41, 5.74) is -0.685. The lowest BCUT2D eigenvalue weighted by Crippen LogP contribution is -2.46. The van der Waals surface area contributed by atoms with Gasteiger partial charge in [0.05, 0.1) is 22.0 Å². The lowest BCUT2D eigenvalue weighted by atomic mass is 9.73. The van der Waals surface area contributed by atoms with Gasteiger partial charge in [-0.15, -0.1) is 5.10 Å². The number of benzene rings is 1. The molecule has 17 heteroatoms. The van der Waals surface area contributed by atoms with Gasteiger partial charge in [0.1, 0.15) is 12.9 Å². The smallest absolute Gasteiger partial charge is 0.416 e. The van der Waals surface area contributed by atoms with Gasteiger partial charge in [0, 0.05) is 29.8 Å². The fraction of sp³-hybridized carbons (Fsp3) is 0.393. The Morgan fingerprint density at radius 1 is 1.22 bits per heavy atom. The average molecular weight is 710 g/mol. The summed E-state index contributed by atoms with van der Waals surface area (Å²) in [6, 6.07) is 2.64. The van der Waals surface area contributed by atoms with Crippen molar-refractivity contribution >= 4 is 50.8 Å². The fourth-order valence-electron chi connectivity index (χ4n) is 6.49. The first-order valence-corrected chi connectivity index (χ1v) is 15.0. The second kappa shape index (κ2) is 11.1. The molecule has 1 aliphatic heterocycles. The number of likely N-dealkylation sites (tertiary alicyclic amines) is 1. The topological polar surface area (TPSA) is 148 Å². The maximum Gasteiger partial charge on any atom is 0.416 e. The maximum absolute atomic E-state index is 13.9. The predicted octanol–water partition coefficient (Wildman–Crippen LogP) is 4.45. The van der Waals surface area contributed by atoms with Crippen LogP contribution in [-0.2, 0) is 22.9 Å². The molecule has 1 aromatic carbocycles. The lowest BCUT2D eigenvalue weighted by Gasteiger charge is -2.39. The molecule has 0 unspecified atom stereocenters. The molecule has 0 radical (unpaired) electrons. The van der Waals surface area contributed by atoms with Crippen LogP contribution in [0, 0.1) is 6.92 Å². The summed E-state index contributed by atoms with van der Waals surface area (Å²) in [6.45, 7) is 3.77. The van der Waals surface area contributed by atoms with E-state index in [4.69, 9.17) is 11.6 Å². The molecule has 4 heterocycles. The fourth-order valence-corrected chi connectivity index (χ4v) is 7.04. The Kier molecular flexibility index (Phi) is 7.62. The van der Waals surface area contributed by atoms with Crippen LogP contribution in [0.25, 0.3) is 5.78 Å². The number of nitrogens with zero attached hydrogens (tertiary/aromatic N) is 7. The van der Waals surface area contributed by atoms with Crippen LogP contribution in [0.4, 0.5) is 18.9 Å². The molecule has 4 aromatic rings. The monoisotopic (exact) mass is 708 g/mol. The summed E-state index contributed by atoms with van der Waals surface area (Å²) in [5, 5.41) is 16.8. The summed E-state index contributed by atoms with van der Waals surface area (Å²) >= 11 is 9.27. The van der Waals surface area contributed by atoms with E-state index < -0.39 is 29.0 Å². The van der Waals surface area contributed by atoms with Gasteiger partial charge in [0.15, 0.2) is 11.4 Å². The number of hydrogen-bond acceptors (Lipinski definition) is 8. The van der Waals surface area contributed by atoms with Crippen molar-refractivity contribution in [2.24, 2.45) is 0 Å². The Labute approximate surface area is 266 Å². The van der Waals surface area contributed by atoms with Gasteiger partial charge in [0.25, 0.3) is 11.5 Å². The predicted molar refractivity (Wildman–Crippen MR) is 158 cm³/mol. The van der Waals surface area contributed by atoms with Gasteiger partial charge >= 0.3 is 6.18 Å². The zero-order valence-electron chi connectivity index (χ0n) is 23.8. The SMILES string of the molecule is Cc1ncnc(C(=O)N2CCC3(CC2)C[C@@H](C)c2c3c(=O)n3nc(Br)nc3n2CC(=O)Nc2ccc(C(F)(F)F)cc2Cl)c1O. The zero-order valence-corrected chi connectivity index (χ0v) is 26.2. The standard InChI is InChI=1S/C28H25BrClF3N8O4/c1-13-10-27(5-7-39(8-6-27)24(45)20-22(43)14(2)34-12-35-20)19-21(13)40(26-37-25(29)38-41(26)23(19)44)11-18(42)36-17-4-3-15(9-16(17)30)28(31,32)33/h3-4,9,12-13,43H,5-8,10-11H2,1-2H3,(H,36,42)/t13-/m1/s1. The third kappa shape index (κ3) is 5.32. The van der Waals surface area contributed by atoms with Crippen molar-refractivity contribution in [2.45, 2.75) is 57.2 Å². The van der Waals surface area contributed by atoms with Crippen LogP contribution in [0.15, 0.2) is 34.1 Å². The molecule has 3 aromatic heterocycles. The van der Waals surface area contributed by atoms with Crippen LogP contribution >= 0.6 is 27.5 Å². The van der Waals surface area contributed by atoms with Crippen molar-refractivity contribution in [1.29, 1.82) is 0 Å². The van der Waals surface area contributed by atoms with Crippen molar-refractivity contribution in [3.8, 4) is 5.75 Å². The van der Waals surface area contributed by atoms with Gasteiger partial charge < -0.3 is 19.9 Å². The molecule has 1 spiro atoms. The van der Waals surface area contributed by atoms with Crippen LogP contribution in [0.5, 0.6) is 5.75 Å². The Bertz CT molecular complexity index is 1940. The number of hydrogen-bond donors (Lipinski definition) is 2. The van der Waals surface area contributed by atoms with Crippen LogP contribution in [0.2, 0.25) is 5.02 Å². The number of aryl methyl sites for hydroxylation is 1. The summed E-state index contributed by atoms with van der Waals surface area (Å²) in [6.07, 6.45) is -1.94. The number of aromatic nitrogens is 6. The number of halogens is 5. The van der Waals surface area contributed by atoms with Crippen molar-refractivity contribution in [1.82, 2.24) is 34.0 Å². The van der Waals surface area contributed by atoms with Gasteiger partial charge in [-0.2, -0.15) is 22.7 Å². The normalized spacial score (nSPS) is 17.6. The number of rotatable bonds is 4. The van der Waals surface area contributed by atoms with Crippen LogP contribution in [0.1, 0.15) is 65.1 Å². The largest absolute Gasteiger partial charge is 0.504 e. The van der Waals surface area contributed by atoms with E-state index in [2.05, 4.69) is 41.3 Å². The van der Waals surface area contributed by atoms with E-state index in [-0.39, 0.29) is 56.4 Å². The molecular weight excluding hydrogens is 685 g/mol. The highest BCUT2D eigenvalue weighted by Gasteiger charge is 2.49. The Morgan fingerprint density at radius 3 is 2.60 bits per heavy atom. The van der Waals surface area contributed by atoms with Gasteiger partial charge in [-0.1, -0.05) is 18.5 Å². The Morgan fingerprint density at radius 2 is 1.93 bits per heavy atom. The third-order valence-electron chi connectivity index (χ3n) is 8.54. The van der Waals surface area contributed by atoms with Crippen molar-refractivity contribution in [3.63, 3.8) is 0 Å². The van der Waals surface area contributed by atoms with Gasteiger partial charge in [-0.05, 0) is 66.2 Å². The van der Waals surface area contributed by atoms with Crippen LogP contribution in [0.3, 0.4) is 0 Å². The minimum absolute atomic E-state index is 0.00231. The maximum atomic E-state index is 13.9. The first kappa shape index (κ1) is 31.0. The highest BCUT2D eigenvalue weighted by atomic mass is 79.9. The number of nitrogens with one attached hydrogen (secondary N) is 1.